The molecule has 0 saturated carbocycles. The first-order chi connectivity index (χ1) is 19.4. The molecule has 0 radical (unpaired) electrons. The number of nitrogens with zero attached hydrogens (tertiary/aromatic N) is 3. The Morgan fingerprint density at radius 1 is 0.950 bits per heavy atom. The lowest BCUT2D eigenvalue weighted by atomic mass is 9.91. The summed E-state index contributed by atoms with van der Waals surface area (Å²) in [5, 5.41) is 2.13. The predicted molar refractivity (Wildman–Crippen MR) is 161 cm³/mol. The van der Waals surface area contributed by atoms with Crippen molar-refractivity contribution in [3.8, 4) is 0 Å². The smallest absolute Gasteiger partial charge is 0.249 e. The summed E-state index contributed by atoms with van der Waals surface area (Å²) >= 11 is -2.11. The highest BCUT2D eigenvalue weighted by atomic mass is 32.2. The second kappa shape index (κ2) is 13.3. The van der Waals surface area contributed by atoms with Crippen LogP contribution in [0.15, 0.2) is 66.7 Å². The van der Waals surface area contributed by atoms with E-state index in [1.807, 2.05) is 43.3 Å². The molecule has 0 spiro atoms. The van der Waals surface area contributed by atoms with E-state index in [0.717, 1.165) is 72.5 Å². The lowest BCUT2D eigenvalue weighted by Crippen LogP contribution is -2.46. The molecule has 4 atom stereocenters. The molecule has 2 aliphatic heterocycles. The third-order valence-corrected chi connectivity index (χ3v) is 9.29. The summed E-state index contributed by atoms with van der Waals surface area (Å²) in [4.78, 5) is 18.0. The van der Waals surface area contributed by atoms with E-state index in [2.05, 4.69) is 47.4 Å². The maximum Gasteiger partial charge on any atom is 0.249 e. The third kappa shape index (κ3) is 6.41. The van der Waals surface area contributed by atoms with Gasteiger partial charge < -0.3 is 14.5 Å². The van der Waals surface area contributed by atoms with Crippen LogP contribution < -0.4 is 4.90 Å². The minimum absolute atomic E-state index is 0.0157. The zero-order chi connectivity index (χ0) is 28.1. The van der Waals surface area contributed by atoms with Gasteiger partial charge in [-0.3, -0.25) is 9.35 Å². The van der Waals surface area contributed by atoms with Gasteiger partial charge in [0, 0.05) is 32.9 Å². The summed E-state index contributed by atoms with van der Waals surface area (Å²) in [5.74, 6) is -0.0266. The molecule has 5 rings (SSSR count). The number of ether oxygens (including phenoxy) is 1. The maximum absolute atomic E-state index is 13.9. The molecule has 2 fully saturated rings. The molecule has 3 aromatic carbocycles. The third-order valence-electron chi connectivity index (χ3n) is 8.43. The zero-order valence-electron chi connectivity index (χ0n) is 23.6. The van der Waals surface area contributed by atoms with Gasteiger partial charge in [0.05, 0.1) is 12.1 Å². The number of carbonyl (C=O) groups is 1. The minimum atomic E-state index is -2.11. The van der Waals surface area contributed by atoms with Gasteiger partial charge >= 0.3 is 0 Å². The molecule has 2 aliphatic rings. The molecular weight excluding hydrogens is 522 g/mol. The summed E-state index contributed by atoms with van der Waals surface area (Å²) in [5.41, 5.74) is 3.25. The molecule has 3 aromatic rings. The van der Waals surface area contributed by atoms with Gasteiger partial charge in [0.1, 0.15) is 12.7 Å². The second-order valence-electron chi connectivity index (χ2n) is 11.2. The van der Waals surface area contributed by atoms with Gasteiger partial charge in [-0.15, -0.1) is 0 Å². The van der Waals surface area contributed by atoms with Crippen molar-refractivity contribution in [2.24, 2.45) is 0 Å². The Morgan fingerprint density at radius 2 is 1.68 bits per heavy atom. The largest absolute Gasteiger partial charge is 0.378 e. The van der Waals surface area contributed by atoms with E-state index in [1.165, 1.54) is 0 Å². The standard InChI is InChI=1S/C32H41N3O4S/c1-33(2)26-19-17-25(18-20-26)29-15-4-3-8-21-34(29)31(36)23-39-32(30-16-7-9-22-35(30)40(37)38)28-14-10-12-24-11-5-6-13-27(24)28/h5-6,10-14,17-20,29-30,32H,3-4,7-9,15-16,21-23H2,1-2H3,(H,37,38). The van der Waals surface area contributed by atoms with Crippen LogP contribution in [0.5, 0.6) is 0 Å². The molecule has 4 unspecified atom stereocenters. The summed E-state index contributed by atoms with van der Waals surface area (Å²) in [6.45, 7) is 1.17. The number of hydrogen-bond donors (Lipinski definition) is 1. The molecule has 2 saturated heterocycles. The van der Waals surface area contributed by atoms with Crippen molar-refractivity contribution < 1.29 is 18.3 Å². The molecule has 1 N–H and O–H groups in total. The van der Waals surface area contributed by atoms with Crippen LogP contribution in [0.4, 0.5) is 5.69 Å². The molecule has 1 amide bonds. The second-order valence-corrected chi connectivity index (χ2v) is 12.1. The fourth-order valence-corrected chi connectivity index (χ4v) is 7.06. The Kier molecular flexibility index (Phi) is 9.52. The number of fused-ring (bicyclic) bond motifs is 1. The van der Waals surface area contributed by atoms with Crippen molar-refractivity contribution in [3.05, 3.63) is 77.9 Å². The highest BCUT2D eigenvalue weighted by molar-refractivity contribution is 7.76. The van der Waals surface area contributed by atoms with Crippen LogP contribution in [-0.4, -0.2) is 63.7 Å². The van der Waals surface area contributed by atoms with Crippen LogP contribution in [-0.2, 0) is 20.8 Å². The Bertz CT molecular complexity index is 1310. The number of rotatable bonds is 8. The van der Waals surface area contributed by atoms with E-state index in [-0.39, 0.29) is 24.6 Å². The molecule has 8 heteroatoms. The number of amides is 1. The van der Waals surface area contributed by atoms with Crippen molar-refractivity contribution >= 4 is 33.6 Å². The van der Waals surface area contributed by atoms with Gasteiger partial charge in [-0.1, -0.05) is 73.9 Å². The molecular formula is C32H41N3O4S. The number of likely N-dealkylation sites (tertiary alicyclic amines) is 1. The lowest BCUT2D eigenvalue weighted by Gasteiger charge is -2.38. The molecule has 214 valence electrons. The van der Waals surface area contributed by atoms with E-state index in [9.17, 15) is 13.6 Å². The fourth-order valence-electron chi connectivity index (χ4n) is 6.33. The van der Waals surface area contributed by atoms with Gasteiger partial charge in [0.25, 0.3) is 0 Å². The van der Waals surface area contributed by atoms with E-state index in [0.29, 0.717) is 13.1 Å². The summed E-state index contributed by atoms with van der Waals surface area (Å²) in [6.07, 6.45) is 6.15. The van der Waals surface area contributed by atoms with Crippen LogP contribution >= 0.6 is 0 Å². The summed E-state index contributed by atoms with van der Waals surface area (Å²) in [7, 11) is 4.06. The highest BCUT2D eigenvalue weighted by Crippen LogP contribution is 2.37. The minimum Gasteiger partial charge on any atom is -0.378 e. The maximum atomic E-state index is 13.9. The fraction of sp³-hybridized carbons (Fsp3) is 0.469. The van der Waals surface area contributed by atoms with E-state index < -0.39 is 17.4 Å². The first-order valence-corrected chi connectivity index (χ1v) is 15.5. The number of benzene rings is 3. The van der Waals surface area contributed by atoms with Crippen LogP contribution in [0.25, 0.3) is 10.8 Å². The average molecular weight is 564 g/mol. The lowest BCUT2D eigenvalue weighted by molar-refractivity contribution is -0.142. The SMILES string of the molecule is CN(C)c1ccc(C2CCCCCN2C(=O)COC(c2cccc3ccccc23)C2CCCCN2S(=O)O)cc1. The Labute approximate surface area is 240 Å². The molecule has 0 aromatic heterocycles. The van der Waals surface area contributed by atoms with Gasteiger partial charge in [0.2, 0.25) is 17.2 Å². The Morgan fingerprint density at radius 3 is 2.45 bits per heavy atom. The van der Waals surface area contributed by atoms with Crippen molar-refractivity contribution in [1.82, 2.24) is 9.21 Å². The van der Waals surface area contributed by atoms with Gasteiger partial charge in [-0.05, 0) is 59.7 Å². The van der Waals surface area contributed by atoms with Crippen LogP contribution in [0.2, 0.25) is 0 Å². The molecule has 0 bridgehead atoms. The van der Waals surface area contributed by atoms with Crippen LogP contribution in [0.1, 0.15) is 68.2 Å². The van der Waals surface area contributed by atoms with Gasteiger partial charge in [-0.25, -0.2) is 4.21 Å². The zero-order valence-corrected chi connectivity index (χ0v) is 24.4. The monoisotopic (exact) mass is 563 g/mol. The Hall–Kier alpha value is -2.78. The number of anilines is 1. The normalized spacial score (nSPS) is 22.0. The average Bonchev–Trinajstić information content (AvgIpc) is 3.24. The summed E-state index contributed by atoms with van der Waals surface area (Å²) in [6, 6.07) is 22.5. The molecule has 0 aliphatic carbocycles. The van der Waals surface area contributed by atoms with Crippen molar-refractivity contribution in [3.63, 3.8) is 0 Å². The van der Waals surface area contributed by atoms with Crippen LogP contribution in [0.3, 0.4) is 0 Å². The van der Waals surface area contributed by atoms with Crippen molar-refractivity contribution in [2.45, 2.75) is 63.1 Å². The van der Waals surface area contributed by atoms with Gasteiger partial charge in [-0.2, -0.15) is 4.31 Å². The predicted octanol–water partition coefficient (Wildman–Crippen LogP) is 6.10. The van der Waals surface area contributed by atoms with Gasteiger partial charge in [0.15, 0.2) is 0 Å². The first kappa shape index (κ1) is 28.7. The highest BCUT2D eigenvalue weighted by Gasteiger charge is 2.36. The number of carbonyl (C=O) groups excluding carboxylic acids is 1. The van der Waals surface area contributed by atoms with E-state index in [4.69, 9.17) is 4.74 Å². The number of hydrogen-bond acceptors (Lipinski definition) is 4. The quantitative estimate of drug-likeness (QED) is 0.336. The molecule has 40 heavy (non-hydrogen) atoms. The summed E-state index contributed by atoms with van der Waals surface area (Å²) < 4.78 is 30.7. The number of piperidine rings is 1. The van der Waals surface area contributed by atoms with Crippen LogP contribution in [0, 0.1) is 0 Å². The molecule has 7 nitrogen and oxygen atoms in total. The Balaban J connectivity index is 1.42. The van der Waals surface area contributed by atoms with E-state index >= 15 is 0 Å². The molecule has 2 heterocycles. The van der Waals surface area contributed by atoms with E-state index in [1.54, 1.807) is 4.31 Å². The van der Waals surface area contributed by atoms with Crippen molar-refractivity contribution in [1.29, 1.82) is 0 Å². The first-order valence-electron chi connectivity index (χ1n) is 14.5. The van der Waals surface area contributed by atoms with Crippen molar-refractivity contribution in [2.75, 3.05) is 38.7 Å². The topological polar surface area (TPSA) is 73.3 Å².